The van der Waals surface area contributed by atoms with Gasteiger partial charge in [0.1, 0.15) is 6.54 Å². The topological polar surface area (TPSA) is 97.7 Å². The molecule has 0 unspecified atom stereocenters. The Hall–Kier alpha value is -4.27. The standard InChI is InChI=1S/C29H33N5O4/c1-4-22-8-5-19(2)34(17-27(35)31-15-21-6-9-23-16-32-33(3)24(23)13-21)29(36)28(22)30-12-11-20-7-10-25-26(14-20)38-18-37-25/h5-7,9-10,13-14,16,30H,4,8,11-12,15,17-18H2,1-3H3,(H,31,35). The number of hydrogen-bond donors (Lipinski definition) is 2. The molecule has 2 N–H and O–H groups in total. The Kier molecular flexibility index (Phi) is 7.35. The van der Waals surface area contributed by atoms with Crippen LogP contribution < -0.4 is 20.1 Å². The SMILES string of the molecule is CCC1=C(NCCc2ccc3c(c2)OCO3)C(=O)N(CC(=O)NCc2ccc3cnn(C)c3c2)C(C)=CC1. The number of nitrogens with zero attached hydrogens (tertiary/aromatic N) is 3. The number of rotatable bonds is 9. The molecule has 9 nitrogen and oxygen atoms in total. The Morgan fingerprint density at radius 1 is 1.11 bits per heavy atom. The molecule has 2 aliphatic rings. The molecule has 0 saturated heterocycles. The molecule has 198 valence electrons. The van der Waals surface area contributed by atoms with Gasteiger partial charge in [0.2, 0.25) is 12.7 Å². The molecule has 1 aromatic heterocycles. The normalized spacial score (nSPS) is 15.1. The van der Waals surface area contributed by atoms with Crippen LogP contribution in [0.2, 0.25) is 0 Å². The minimum Gasteiger partial charge on any atom is -0.454 e. The summed E-state index contributed by atoms with van der Waals surface area (Å²) in [6.07, 6.45) is 5.98. The molecule has 2 amide bonds. The summed E-state index contributed by atoms with van der Waals surface area (Å²) in [6, 6.07) is 11.9. The Morgan fingerprint density at radius 2 is 1.92 bits per heavy atom. The van der Waals surface area contributed by atoms with E-state index < -0.39 is 0 Å². The fraction of sp³-hybridized carbons (Fsp3) is 0.345. The molecule has 0 aliphatic carbocycles. The minimum atomic E-state index is -0.212. The first-order chi connectivity index (χ1) is 18.4. The van der Waals surface area contributed by atoms with E-state index in [4.69, 9.17) is 9.47 Å². The number of aromatic nitrogens is 2. The van der Waals surface area contributed by atoms with E-state index in [-0.39, 0.29) is 25.2 Å². The number of carbonyl (C=O) groups is 2. The third-order valence-electron chi connectivity index (χ3n) is 7.07. The highest BCUT2D eigenvalue weighted by atomic mass is 16.7. The molecule has 0 atom stereocenters. The van der Waals surface area contributed by atoms with Crippen molar-refractivity contribution in [1.29, 1.82) is 0 Å². The van der Waals surface area contributed by atoms with Crippen molar-refractivity contribution >= 4 is 22.7 Å². The second-order valence-corrected chi connectivity index (χ2v) is 9.58. The van der Waals surface area contributed by atoms with Crippen molar-refractivity contribution in [1.82, 2.24) is 25.3 Å². The van der Waals surface area contributed by atoms with E-state index in [1.807, 2.05) is 74.2 Å². The van der Waals surface area contributed by atoms with Gasteiger partial charge < -0.3 is 25.0 Å². The maximum atomic E-state index is 13.6. The summed E-state index contributed by atoms with van der Waals surface area (Å²) in [7, 11) is 1.89. The number of benzene rings is 2. The molecule has 0 bridgehead atoms. The Labute approximate surface area is 222 Å². The average molecular weight is 516 g/mol. The zero-order valence-electron chi connectivity index (χ0n) is 22.0. The number of allylic oxidation sites excluding steroid dienone is 3. The van der Waals surface area contributed by atoms with Crippen LogP contribution in [-0.4, -0.2) is 46.4 Å². The van der Waals surface area contributed by atoms with E-state index >= 15 is 0 Å². The molecule has 0 radical (unpaired) electrons. The lowest BCUT2D eigenvalue weighted by Crippen LogP contribution is -2.42. The number of aryl methyl sites for hydroxylation is 1. The van der Waals surface area contributed by atoms with Crippen LogP contribution in [0.15, 0.2) is 65.6 Å². The molecule has 3 heterocycles. The Balaban J connectivity index is 1.21. The molecule has 2 aliphatic heterocycles. The van der Waals surface area contributed by atoms with Crippen LogP contribution in [0.25, 0.3) is 10.9 Å². The molecule has 2 aromatic carbocycles. The number of hydrogen-bond acceptors (Lipinski definition) is 6. The van der Waals surface area contributed by atoms with Crippen molar-refractivity contribution in [3.05, 3.63) is 76.8 Å². The van der Waals surface area contributed by atoms with Crippen LogP contribution in [0.1, 0.15) is 37.8 Å². The van der Waals surface area contributed by atoms with E-state index in [2.05, 4.69) is 15.7 Å². The molecule has 3 aromatic rings. The highest BCUT2D eigenvalue weighted by Gasteiger charge is 2.26. The van der Waals surface area contributed by atoms with Gasteiger partial charge >= 0.3 is 0 Å². The summed E-state index contributed by atoms with van der Waals surface area (Å²) < 4.78 is 12.7. The molecular weight excluding hydrogens is 482 g/mol. The van der Waals surface area contributed by atoms with E-state index in [1.54, 1.807) is 4.90 Å². The van der Waals surface area contributed by atoms with Crippen LogP contribution >= 0.6 is 0 Å². The van der Waals surface area contributed by atoms with Gasteiger partial charge in [-0.2, -0.15) is 5.10 Å². The van der Waals surface area contributed by atoms with Gasteiger partial charge in [0.25, 0.3) is 5.91 Å². The minimum absolute atomic E-state index is 0.0422. The second kappa shape index (κ2) is 11.0. The van der Waals surface area contributed by atoms with Gasteiger partial charge in [0.05, 0.1) is 17.4 Å². The van der Waals surface area contributed by atoms with Crippen LogP contribution in [-0.2, 0) is 29.6 Å². The van der Waals surface area contributed by atoms with Gasteiger partial charge in [-0.15, -0.1) is 0 Å². The van der Waals surface area contributed by atoms with Gasteiger partial charge in [0, 0.05) is 31.2 Å². The summed E-state index contributed by atoms with van der Waals surface area (Å²) in [5.41, 5.74) is 5.47. The first kappa shape index (κ1) is 25.4. The predicted octanol–water partition coefficient (Wildman–Crippen LogP) is 3.55. The van der Waals surface area contributed by atoms with Crippen molar-refractivity contribution in [3.8, 4) is 11.5 Å². The van der Waals surface area contributed by atoms with Crippen LogP contribution in [0.3, 0.4) is 0 Å². The van der Waals surface area contributed by atoms with Crippen LogP contribution in [0.5, 0.6) is 11.5 Å². The molecule has 0 spiro atoms. The maximum Gasteiger partial charge on any atom is 0.274 e. The van der Waals surface area contributed by atoms with Crippen molar-refractivity contribution in [3.63, 3.8) is 0 Å². The first-order valence-electron chi connectivity index (χ1n) is 12.9. The van der Waals surface area contributed by atoms with Crippen molar-refractivity contribution in [2.45, 2.75) is 39.7 Å². The van der Waals surface area contributed by atoms with Gasteiger partial charge in [-0.1, -0.05) is 31.2 Å². The van der Waals surface area contributed by atoms with Crippen molar-refractivity contribution in [2.24, 2.45) is 7.05 Å². The van der Waals surface area contributed by atoms with E-state index in [9.17, 15) is 9.59 Å². The summed E-state index contributed by atoms with van der Waals surface area (Å²) in [6.45, 7) is 5.09. The summed E-state index contributed by atoms with van der Waals surface area (Å²) in [5.74, 6) is 1.12. The maximum absolute atomic E-state index is 13.6. The molecule has 5 rings (SSSR count). The fourth-order valence-electron chi connectivity index (χ4n) is 4.78. The number of nitrogens with one attached hydrogen (secondary N) is 2. The average Bonchev–Trinajstić information content (AvgIpc) is 3.52. The first-order valence-corrected chi connectivity index (χ1v) is 12.9. The molecule has 0 fully saturated rings. The van der Waals surface area contributed by atoms with Crippen molar-refractivity contribution < 1.29 is 19.1 Å². The quantitative estimate of drug-likeness (QED) is 0.452. The van der Waals surface area contributed by atoms with Gasteiger partial charge in [-0.25, -0.2) is 0 Å². The van der Waals surface area contributed by atoms with Gasteiger partial charge in [-0.3, -0.25) is 14.3 Å². The summed E-state index contributed by atoms with van der Waals surface area (Å²) in [4.78, 5) is 28.1. The summed E-state index contributed by atoms with van der Waals surface area (Å²) in [5, 5.41) is 11.7. The van der Waals surface area contributed by atoms with Crippen molar-refractivity contribution in [2.75, 3.05) is 19.9 Å². The molecule has 0 saturated carbocycles. The summed E-state index contributed by atoms with van der Waals surface area (Å²) >= 11 is 0. The molecule has 38 heavy (non-hydrogen) atoms. The number of amides is 2. The zero-order chi connectivity index (χ0) is 26.6. The number of ether oxygens (including phenoxy) is 2. The number of fused-ring (bicyclic) bond motifs is 2. The van der Waals surface area contributed by atoms with Crippen LogP contribution in [0, 0.1) is 0 Å². The third-order valence-corrected chi connectivity index (χ3v) is 7.07. The largest absolute Gasteiger partial charge is 0.454 e. The lowest BCUT2D eigenvalue weighted by atomic mass is 10.1. The zero-order valence-corrected chi connectivity index (χ0v) is 22.0. The number of carbonyl (C=O) groups excluding carboxylic acids is 2. The Morgan fingerprint density at radius 3 is 2.76 bits per heavy atom. The van der Waals surface area contributed by atoms with E-state index in [0.29, 0.717) is 25.2 Å². The highest BCUT2D eigenvalue weighted by Crippen LogP contribution is 2.32. The predicted molar refractivity (Wildman–Crippen MR) is 144 cm³/mol. The van der Waals surface area contributed by atoms with Crippen LogP contribution in [0.4, 0.5) is 0 Å². The molecular formula is C29H33N5O4. The molecule has 9 heteroatoms. The fourth-order valence-corrected chi connectivity index (χ4v) is 4.78. The highest BCUT2D eigenvalue weighted by molar-refractivity contribution is 5.97. The second-order valence-electron chi connectivity index (χ2n) is 9.58. The monoisotopic (exact) mass is 515 g/mol. The lowest BCUT2D eigenvalue weighted by molar-refractivity contribution is -0.131. The third kappa shape index (κ3) is 5.37. The van der Waals surface area contributed by atoms with Gasteiger partial charge in [-0.05, 0) is 61.1 Å². The Bertz CT molecular complexity index is 1440. The smallest absolute Gasteiger partial charge is 0.274 e. The van der Waals surface area contributed by atoms with E-state index in [0.717, 1.165) is 57.6 Å². The van der Waals surface area contributed by atoms with E-state index in [1.165, 1.54) is 0 Å². The van der Waals surface area contributed by atoms with Gasteiger partial charge in [0.15, 0.2) is 11.5 Å². The lowest BCUT2D eigenvalue weighted by Gasteiger charge is -2.24.